The van der Waals surface area contributed by atoms with Crippen LogP contribution in [-0.4, -0.2) is 40.4 Å². The Labute approximate surface area is 118 Å². The summed E-state index contributed by atoms with van der Waals surface area (Å²) in [7, 11) is 0. The Morgan fingerprint density at radius 1 is 1.40 bits per heavy atom. The SMILES string of the molecule is CCOC(=O)c1nccn1CCNC(=O)OC(C)(C)C. The zero-order chi connectivity index (χ0) is 15.2. The van der Waals surface area contributed by atoms with Gasteiger partial charge in [0.15, 0.2) is 0 Å². The Morgan fingerprint density at radius 3 is 2.70 bits per heavy atom. The maximum Gasteiger partial charge on any atom is 0.407 e. The number of hydrogen-bond acceptors (Lipinski definition) is 5. The quantitative estimate of drug-likeness (QED) is 0.830. The Morgan fingerprint density at radius 2 is 2.10 bits per heavy atom. The van der Waals surface area contributed by atoms with Crippen LogP contribution in [0.15, 0.2) is 12.4 Å². The second-order valence-corrected chi connectivity index (χ2v) is 5.09. The van der Waals surface area contributed by atoms with E-state index in [0.29, 0.717) is 19.7 Å². The molecule has 7 heteroatoms. The number of ether oxygens (including phenoxy) is 2. The molecule has 0 atom stereocenters. The third-order valence-electron chi connectivity index (χ3n) is 2.19. The second kappa shape index (κ2) is 6.93. The highest BCUT2D eigenvalue weighted by molar-refractivity contribution is 5.85. The minimum Gasteiger partial charge on any atom is -0.460 e. The summed E-state index contributed by atoms with van der Waals surface area (Å²) in [6, 6.07) is 0. The Hall–Kier alpha value is -2.05. The molecule has 0 radical (unpaired) electrons. The predicted molar refractivity (Wildman–Crippen MR) is 72.4 cm³/mol. The summed E-state index contributed by atoms with van der Waals surface area (Å²) in [5, 5.41) is 2.61. The van der Waals surface area contributed by atoms with E-state index in [4.69, 9.17) is 9.47 Å². The molecule has 0 bridgehead atoms. The van der Waals surface area contributed by atoms with Gasteiger partial charge in [0.05, 0.1) is 6.61 Å². The average molecular weight is 283 g/mol. The van der Waals surface area contributed by atoms with Crippen LogP contribution in [0.3, 0.4) is 0 Å². The first-order valence-electron chi connectivity index (χ1n) is 6.48. The van der Waals surface area contributed by atoms with Crippen molar-refractivity contribution in [3.8, 4) is 0 Å². The molecule has 112 valence electrons. The highest BCUT2D eigenvalue weighted by Gasteiger charge is 2.16. The van der Waals surface area contributed by atoms with Gasteiger partial charge in [-0.15, -0.1) is 0 Å². The van der Waals surface area contributed by atoms with Crippen LogP contribution in [0, 0.1) is 0 Å². The van der Waals surface area contributed by atoms with Crippen LogP contribution < -0.4 is 5.32 Å². The van der Waals surface area contributed by atoms with Gasteiger partial charge in [0.2, 0.25) is 5.82 Å². The van der Waals surface area contributed by atoms with Crippen molar-refractivity contribution in [3.63, 3.8) is 0 Å². The number of carbonyl (C=O) groups is 2. The fourth-order valence-corrected chi connectivity index (χ4v) is 1.47. The van der Waals surface area contributed by atoms with Gasteiger partial charge >= 0.3 is 12.1 Å². The lowest BCUT2D eigenvalue weighted by atomic mass is 10.2. The molecule has 1 heterocycles. The molecular weight excluding hydrogens is 262 g/mol. The van der Waals surface area contributed by atoms with Crippen LogP contribution in [0.25, 0.3) is 0 Å². The van der Waals surface area contributed by atoms with Gasteiger partial charge in [0.25, 0.3) is 0 Å². The highest BCUT2D eigenvalue weighted by Crippen LogP contribution is 2.06. The molecule has 0 fully saturated rings. The number of alkyl carbamates (subject to hydrolysis) is 1. The van der Waals surface area contributed by atoms with Crippen LogP contribution in [0.2, 0.25) is 0 Å². The smallest absolute Gasteiger partial charge is 0.407 e. The third kappa shape index (κ3) is 5.29. The van der Waals surface area contributed by atoms with Gasteiger partial charge in [-0.2, -0.15) is 0 Å². The van der Waals surface area contributed by atoms with Crippen molar-refractivity contribution in [2.75, 3.05) is 13.2 Å². The molecule has 7 nitrogen and oxygen atoms in total. The van der Waals surface area contributed by atoms with Gasteiger partial charge in [0, 0.05) is 25.5 Å². The normalized spacial score (nSPS) is 11.0. The summed E-state index contributed by atoms with van der Waals surface area (Å²) in [6.07, 6.45) is 2.68. The van der Waals surface area contributed by atoms with Crippen molar-refractivity contribution in [1.29, 1.82) is 0 Å². The van der Waals surface area contributed by atoms with E-state index in [1.54, 1.807) is 38.5 Å². The first-order valence-corrected chi connectivity index (χ1v) is 6.48. The summed E-state index contributed by atoms with van der Waals surface area (Å²) in [5.41, 5.74) is -0.533. The molecule has 0 aromatic carbocycles. The fraction of sp³-hybridized carbons (Fsp3) is 0.615. The zero-order valence-electron chi connectivity index (χ0n) is 12.3. The molecule has 20 heavy (non-hydrogen) atoms. The van der Waals surface area contributed by atoms with E-state index in [-0.39, 0.29) is 5.82 Å². The molecule has 1 aromatic rings. The fourth-order valence-electron chi connectivity index (χ4n) is 1.47. The highest BCUT2D eigenvalue weighted by atomic mass is 16.6. The van der Waals surface area contributed by atoms with E-state index < -0.39 is 17.7 Å². The number of esters is 1. The molecule has 0 saturated carbocycles. The number of hydrogen-bond donors (Lipinski definition) is 1. The largest absolute Gasteiger partial charge is 0.460 e. The van der Waals surface area contributed by atoms with E-state index in [1.165, 1.54) is 6.20 Å². The van der Waals surface area contributed by atoms with Crippen LogP contribution in [-0.2, 0) is 16.0 Å². The summed E-state index contributed by atoms with van der Waals surface area (Å²) in [5.74, 6) is -0.257. The molecule has 0 spiro atoms. The average Bonchev–Trinajstić information content (AvgIpc) is 2.75. The number of nitrogens with one attached hydrogen (secondary N) is 1. The lowest BCUT2D eigenvalue weighted by Crippen LogP contribution is -2.34. The van der Waals surface area contributed by atoms with Gasteiger partial charge in [-0.3, -0.25) is 0 Å². The number of rotatable bonds is 5. The predicted octanol–water partition coefficient (Wildman–Crippen LogP) is 1.58. The summed E-state index contributed by atoms with van der Waals surface area (Å²) in [6.45, 7) is 8.14. The van der Waals surface area contributed by atoms with Crippen molar-refractivity contribution >= 4 is 12.1 Å². The van der Waals surface area contributed by atoms with Crippen molar-refractivity contribution in [1.82, 2.24) is 14.9 Å². The van der Waals surface area contributed by atoms with Crippen molar-refractivity contribution < 1.29 is 19.1 Å². The second-order valence-electron chi connectivity index (χ2n) is 5.09. The number of nitrogens with zero attached hydrogens (tertiary/aromatic N) is 2. The van der Waals surface area contributed by atoms with Crippen LogP contribution >= 0.6 is 0 Å². The molecule has 1 rings (SSSR count). The minimum absolute atomic E-state index is 0.220. The van der Waals surface area contributed by atoms with E-state index in [2.05, 4.69) is 10.3 Å². The lowest BCUT2D eigenvalue weighted by Gasteiger charge is -2.19. The minimum atomic E-state index is -0.533. The van der Waals surface area contributed by atoms with Crippen molar-refractivity contribution in [3.05, 3.63) is 18.2 Å². The van der Waals surface area contributed by atoms with E-state index >= 15 is 0 Å². The van der Waals surface area contributed by atoms with Crippen LogP contribution in [0.4, 0.5) is 4.79 Å². The number of amides is 1. The van der Waals surface area contributed by atoms with Crippen LogP contribution in [0.1, 0.15) is 38.3 Å². The molecule has 1 amide bonds. The number of aromatic nitrogens is 2. The summed E-state index contributed by atoms with van der Waals surface area (Å²) >= 11 is 0. The van der Waals surface area contributed by atoms with Crippen molar-refractivity contribution in [2.24, 2.45) is 0 Å². The van der Waals surface area contributed by atoms with Gasteiger partial charge in [-0.25, -0.2) is 14.6 Å². The molecule has 0 unspecified atom stereocenters. The summed E-state index contributed by atoms with van der Waals surface area (Å²) < 4.78 is 11.6. The van der Waals surface area contributed by atoms with Gasteiger partial charge in [0.1, 0.15) is 5.60 Å². The lowest BCUT2D eigenvalue weighted by molar-refractivity contribution is 0.0506. The standard InChI is InChI=1S/C13H21N3O4/c1-5-19-11(17)10-14-6-8-16(10)9-7-15-12(18)20-13(2,3)4/h6,8H,5,7,9H2,1-4H3,(H,15,18). The first-order chi connectivity index (χ1) is 9.33. The maximum atomic E-state index is 11.6. The van der Waals surface area contributed by atoms with Crippen molar-refractivity contribution in [2.45, 2.75) is 39.8 Å². The van der Waals surface area contributed by atoms with Crippen LogP contribution in [0.5, 0.6) is 0 Å². The molecule has 0 aliphatic carbocycles. The van der Waals surface area contributed by atoms with E-state index in [9.17, 15) is 9.59 Å². The number of imidazole rings is 1. The summed E-state index contributed by atoms with van der Waals surface area (Å²) in [4.78, 5) is 27.0. The van der Waals surface area contributed by atoms with Gasteiger partial charge < -0.3 is 19.4 Å². The first kappa shape index (κ1) is 16.0. The molecule has 0 aliphatic heterocycles. The Kier molecular flexibility index (Phi) is 5.54. The monoisotopic (exact) mass is 283 g/mol. The van der Waals surface area contributed by atoms with Gasteiger partial charge in [-0.05, 0) is 27.7 Å². The molecule has 1 N–H and O–H groups in total. The Balaban J connectivity index is 2.45. The topological polar surface area (TPSA) is 82.5 Å². The third-order valence-corrected chi connectivity index (χ3v) is 2.19. The molecule has 1 aromatic heterocycles. The maximum absolute atomic E-state index is 11.6. The molecule has 0 aliphatic rings. The molecular formula is C13H21N3O4. The van der Waals surface area contributed by atoms with E-state index in [0.717, 1.165) is 0 Å². The Bertz CT molecular complexity index is 462. The van der Waals surface area contributed by atoms with Gasteiger partial charge in [-0.1, -0.05) is 0 Å². The van der Waals surface area contributed by atoms with E-state index in [1.807, 2.05) is 0 Å². The zero-order valence-corrected chi connectivity index (χ0v) is 12.3. The number of carbonyl (C=O) groups excluding carboxylic acids is 2. The molecule has 0 saturated heterocycles.